The van der Waals surface area contributed by atoms with Crippen molar-refractivity contribution in [3.05, 3.63) is 64.4 Å². The zero-order valence-electron chi connectivity index (χ0n) is 21.5. The molecule has 1 aliphatic heterocycles. The number of halogens is 1. The van der Waals surface area contributed by atoms with Crippen LogP contribution in [0.3, 0.4) is 0 Å². The number of phenols is 1. The molecule has 0 spiro atoms. The van der Waals surface area contributed by atoms with E-state index in [9.17, 15) is 5.11 Å². The van der Waals surface area contributed by atoms with Gasteiger partial charge in [0.15, 0.2) is 0 Å². The van der Waals surface area contributed by atoms with E-state index in [2.05, 4.69) is 57.5 Å². The Morgan fingerprint density at radius 3 is 2.65 bits per heavy atom. The van der Waals surface area contributed by atoms with Gasteiger partial charge in [0.25, 0.3) is 0 Å². The molecule has 0 radical (unpaired) electrons. The predicted molar refractivity (Wildman–Crippen MR) is 150 cm³/mol. The Morgan fingerprint density at radius 2 is 1.89 bits per heavy atom. The number of aromatic nitrogens is 3. The number of H-pyrrole nitrogens is 1. The van der Waals surface area contributed by atoms with Crippen LogP contribution in [0, 0.1) is 6.92 Å². The normalized spacial score (nSPS) is 20.4. The van der Waals surface area contributed by atoms with Crippen LogP contribution in [0.15, 0.2) is 42.7 Å². The lowest BCUT2D eigenvalue weighted by Crippen LogP contribution is -2.53. The molecule has 2 aliphatic rings. The number of benzene rings is 2. The maximum atomic E-state index is 10.3. The third-order valence-corrected chi connectivity index (χ3v) is 7.63. The molecule has 8 heteroatoms. The van der Waals surface area contributed by atoms with Crippen LogP contribution in [-0.2, 0) is 6.54 Å². The van der Waals surface area contributed by atoms with E-state index in [1.165, 1.54) is 24.0 Å². The zero-order valence-corrected chi connectivity index (χ0v) is 22.2. The first-order chi connectivity index (χ1) is 17.8. The molecule has 2 aromatic carbocycles. The van der Waals surface area contributed by atoms with E-state index in [-0.39, 0.29) is 5.75 Å². The standard InChI is InChI=1S/C29H33ClN6O/c1-16-6-26-23(10-27(16)37)24(11-31-26)28-25(30)12-32-29(35-28)34-22-8-19(7-21(9-22)20-4-5-20)15-36-13-17(2)33-18(3)14-36/h6-12,17-18,20,31,33,37H,4-5,13-15H2,1-3H3,(H,32,34,35)/t17-,18+. The number of hydrogen-bond acceptors (Lipinski definition) is 6. The lowest BCUT2D eigenvalue weighted by atomic mass is 10.0. The van der Waals surface area contributed by atoms with Gasteiger partial charge in [-0.1, -0.05) is 17.7 Å². The van der Waals surface area contributed by atoms with Crippen LogP contribution >= 0.6 is 11.6 Å². The average Bonchev–Trinajstić information content (AvgIpc) is 3.62. The maximum absolute atomic E-state index is 10.3. The van der Waals surface area contributed by atoms with Crippen LogP contribution in [0.2, 0.25) is 5.02 Å². The van der Waals surface area contributed by atoms with E-state index in [0.717, 1.165) is 47.4 Å². The molecule has 7 nitrogen and oxygen atoms in total. The monoisotopic (exact) mass is 516 g/mol. The molecular weight excluding hydrogens is 484 g/mol. The lowest BCUT2D eigenvalue weighted by molar-refractivity contribution is 0.166. The number of rotatable bonds is 6. The molecule has 0 bridgehead atoms. The fraction of sp³-hybridized carbons (Fsp3) is 0.379. The van der Waals surface area contributed by atoms with Gasteiger partial charge in [0.2, 0.25) is 5.95 Å². The minimum atomic E-state index is 0.245. The highest BCUT2D eigenvalue weighted by atomic mass is 35.5. The summed E-state index contributed by atoms with van der Waals surface area (Å²) in [6, 6.07) is 11.5. The van der Waals surface area contributed by atoms with Crippen molar-refractivity contribution in [3.8, 4) is 17.0 Å². The Kier molecular flexibility index (Phi) is 6.31. The number of phenolic OH excluding ortho intramolecular Hbond substituents is 1. The minimum Gasteiger partial charge on any atom is -0.508 e. The first-order valence-electron chi connectivity index (χ1n) is 13.1. The third kappa shape index (κ3) is 5.17. The molecule has 4 N–H and O–H groups in total. The van der Waals surface area contributed by atoms with Gasteiger partial charge in [-0.3, -0.25) is 4.90 Å². The van der Waals surface area contributed by atoms with Crippen molar-refractivity contribution in [1.82, 2.24) is 25.2 Å². The first kappa shape index (κ1) is 24.2. The molecule has 2 fully saturated rings. The summed E-state index contributed by atoms with van der Waals surface area (Å²) in [5.41, 5.74) is 6.88. The number of piperazine rings is 1. The quantitative estimate of drug-likeness (QED) is 0.248. The lowest BCUT2D eigenvalue weighted by Gasteiger charge is -2.36. The van der Waals surface area contributed by atoms with E-state index < -0.39 is 0 Å². The molecule has 6 rings (SSSR count). The molecular formula is C29H33ClN6O. The highest BCUT2D eigenvalue weighted by Gasteiger charge is 2.26. The minimum absolute atomic E-state index is 0.245. The second-order valence-electron chi connectivity index (χ2n) is 10.8. The van der Waals surface area contributed by atoms with E-state index in [0.29, 0.717) is 34.7 Å². The number of fused-ring (bicyclic) bond motifs is 1. The van der Waals surface area contributed by atoms with Gasteiger partial charge in [0, 0.05) is 60.1 Å². The van der Waals surface area contributed by atoms with Gasteiger partial charge in [0.1, 0.15) is 5.75 Å². The fourth-order valence-electron chi connectivity index (χ4n) is 5.57. The Morgan fingerprint density at radius 1 is 1.11 bits per heavy atom. The van der Waals surface area contributed by atoms with Crippen LogP contribution in [-0.4, -0.2) is 50.1 Å². The molecule has 2 aromatic heterocycles. The molecule has 1 saturated carbocycles. The van der Waals surface area contributed by atoms with Crippen LogP contribution in [0.4, 0.5) is 11.6 Å². The summed E-state index contributed by atoms with van der Waals surface area (Å²) in [6.07, 6.45) is 6.01. The highest BCUT2D eigenvalue weighted by Crippen LogP contribution is 2.42. The third-order valence-electron chi connectivity index (χ3n) is 7.36. The Hall–Kier alpha value is -3.13. The largest absolute Gasteiger partial charge is 0.508 e. The van der Waals surface area contributed by atoms with Gasteiger partial charge in [-0.15, -0.1) is 0 Å². The van der Waals surface area contributed by atoms with Gasteiger partial charge < -0.3 is 20.7 Å². The second-order valence-corrected chi connectivity index (χ2v) is 11.2. The van der Waals surface area contributed by atoms with Crippen molar-refractivity contribution in [3.63, 3.8) is 0 Å². The number of nitrogens with zero attached hydrogens (tertiary/aromatic N) is 3. The van der Waals surface area contributed by atoms with E-state index >= 15 is 0 Å². The van der Waals surface area contributed by atoms with Gasteiger partial charge in [0.05, 0.1) is 16.9 Å². The van der Waals surface area contributed by atoms with Gasteiger partial charge in [-0.25, -0.2) is 9.97 Å². The zero-order chi connectivity index (χ0) is 25.7. The molecule has 0 unspecified atom stereocenters. The number of nitrogens with one attached hydrogen (secondary N) is 3. The van der Waals surface area contributed by atoms with Gasteiger partial charge >= 0.3 is 0 Å². The smallest absolute Gasteiger partial charge is 0.227 e. The number of aromatic amines is 1. The van der Waals surface area contributed by atoms with Gasteiger partial charge in [-0.2, -0.15) is 0 Å². The molecule has 37 heavy (non-hydrogen) atoms. The topological polar surface area (TPSA) is 89.1 Å². The van der Waals surface area contributed by atoms with Crippen molar-refractivity contribution in [2.75, 3.05) is 18.4 Å². The van der Waals surface area contributed by atoms with Crippen molar-refractivity contribution in [1.29, 1.82) is 0 Å². The van der Waals surface area contributed by atoms with Crippen molar-refractivity contribution >= 4 is 34.1 Å². The Bertz CT molecular complexity index is 1450. The molecule has 1 saturated heterocycles. The molecule has 3 heterocycles. The average molecular weight is 517 g/mol. The summed E-state index contributed by atoms with van der Waals surface area (Å²) >= 11 is 6.55. The molecule has 0 amide bonds. The maximum Gasteiger partial charge on any atom is 0.227 e. The van der Waals surface area contributed by atoms with Crippen LogP contribution in [0.5, 0.6) is 5.75 Å². The summed E-state index contributed by atoms with van der Waals surface area (Å²) in [5, 5.41) is 18.7. The van der Waals surface area contributed by atoms with Crippen LogP contribution in [0.25, 0.3) is 22.2 Å². The summed E-state index contributed by atoms with van der Waals surface area (Å²) in [4.78, 5) is 15.1. The summed E-state index contributed by atoms with van der Waals surface area (Å²) < 4.78 is 0. The SMILES string of the molecule is Cc1cc2[nH]cc(-c3nc(Nc4cc(CN5C[C@@H](C)N[C@@H](C)C5)cc(C5CC5)c4)ncc3Cl)c2cc1O. The molecule has 1 aliphatic carbocycles. The number of aromatic hydroxyl groups is 1. The van der Waals surface area contributed by atoms with Crippen molar-refractivity contribution in [2.45, 2.75) is 58.2 Å². The highest BCUT2D eigenvalue weighted by molar-refractivity contribution is 6.33. The van der Waals surface area contributed by atoms with E-state index in [4.69, 9.17) is 16.6 Å². The number of aryl methyl sites for hydroxylation is 1. The summed E-state index contributed by atoms with van der Waals surface area (Å²) in [7, 11) is 0. The number of anilines is 2. The van der Waals surface area contributed by atoms with Crippen molar-refractivity contribution in [2.24, 2.45) is 0 Å². The molecule has 192 valence electrons. The van der Waals surface area contributed by atoms with Crippen molar-refractivity contribution < 1.29 is 5.11 Å². The van der Waals surface area contributed by atoms with E-state index in [1.807, 2.05) is 19.2 Å². The van der Waals surface area contributed by atoms with Crippen LogP contribution < -0.4 is 10.6 Å². The second kappa shape index (κ2) is 9.63. The molecule has 4 aromatic rings. The first-order valence-corrected chi connectivity index (χ1v) is 13.4. The summed E-state index contributed by atoms with van der Waals surface area (Å²) in [6.45, 7) is 9.40. The predicted octanol–water partition coefficient (Wildman–Crippen LogP) is 6.10. The molecule has 2 atom stereocenters. The van der Waals surface area contributed by atoms with E-state index in [1.54, 1.807) is 12.3 Å². The fourth-order valence-corrected chi connectivity index (χ4v) is 5.76. The van der Waals surface area contributed by atoms with Gasteiger partial charge in [-0.05, 0) is 80.5 Å². The van der Waals surface area contributed by atoms with Crippen LogP contribution in [0.1, 0.15) is 49.3 Å². The Labute approximate surface area is 222 Å². The Balaban J connectivity index is 1.30. The number of hydrogen-bond donors (Lipinski definition) is 4. The summed E-state index contributed by atoms with van der Waals surface area (Å²) in [5.74, 6) is 1.38.